The van der Waals surface area contributed by atoms with Gasteiger partial charge in [0, 0.05) is 12.0 Å². The summed E-state index contributed by atoms with van der Waals surface area (Å²) in [5, 5.41) is 10.4. The monoisotopic (exact) mass is 378 g/mol. The second kappa shape index (κ2) is 13.1. The van der Waals surface area contributed by atoms with Gasteiger partial charge in [-0.15, -0.1) is 0 Å². The third-order valence-corrected chi connectivity index (χ3v) is 4.64. The number of phenolic OH excluding ortho intramolecular Hbond substituents is 1. The summed E-state index contributed by atoms with van der Waals surface area (Å²) in [6.45, 7) is 5.80. The molecule has 5 nitrogen and oxygen atoms in total. The molecule has 0 bridgehead atoms. The van der Waals surface area contributed by atoms with Crippen LogP contribution in [0, 0.1) is 6.92 Å². The molecule has 0 aliphatic carbocycles. The molecule has 1 aromatic carbocycles. The maximum Gasteiger partial charge on any atom is 0.306 e. The van der Waals surface area contributed by atoms with Crippen molar-refractivity contribution < 1.29 is 24.1 Å². The van der Waals surface area contributed by atoms with Gasteiger partial charge in [0.1, 0.15) is 6.61 Å². The number of phenols is 1. The lowest BCUT2D eigenvalue weighted by molar-refractivity contribution is -0.142. The molecule has 1 aromatic rings. The molecule has 0 unspecified atom stereocenters. The van der Waals surface area contributed by atoms with Crippen LogP contribution in [0.1, 0.15) is 62.5 Å². The number of benzene rings is 1. The van der Waals surface area contributed by atoms with Gasteiger partial charge in [0.2, 0.25) is 5.75 Å². The van der Waals surface area contributed by atoms with E-state index in [4.69, 9.17) is 14.2 Å². The summed E-state index contributed by atoms with van der Waals surface area (Å²) in [5.41, 5.74) is 1.96. The molecule has 1 N–H and O–H groups in total. The third kappa shape index (κ3) is 7.94. The number of carbonyl (C=O) groups is 1. The topological polar surface area (TPSA) is 65.0 Å². The molecule has 0 atom stereocenters. The molecule has 0 radical (unpaired) electrons. The number of aromatic hydroxyl groups is 1. The first-order chi connectivity index (χ1) is 13.0. The molecule has 0 amide bonds. The lowest BCUT2D eigenvalue weighted by atomic mass is 9.99. The van der Waals surface area contributed by atoms with Gasteiger partial charge >= 0.3 is 5.97 Å². The van der Waals surface area contributed by atoms with E-state index in [2.05, 4.69) is 6.58 Å². The van der Waals surface area contributed by atoms with E-state index in [0.29, 0.717) is 24.5 Å². The SMILES string of the molecule is C=CCOC(=O)CCCCCCCCCc1c(C)cc(OC)c(OC)c1O. The summed E-state index contributed by atoms with van der Waals surface area (Å²) in [6.07, 6.45) is 10.4. The van der Waals surface area contributed by atoms with Gasteiger partial charge in [0.15, 0.2) is 11.5 Å². The number of carbonyl (C=O) groups excluding carboxylic acids is 1. The van der Waals surface area contributed by atoms with Crippen LogP contribution in [0.2, 0.25) is 0 Å². The fourth-order valence-corrected chi connectivity index (χ4v) is 3.13. The average molecular weight is 379 g/mol. The van der Waals surface area contributed by atoms with Crippen LogP contribution >= 0.6 is 0 Å². The maximum atomic E-state index is 11.3. The number of ether oxygens (including phenoxy) is 3. The zero-order valence-electron chi connectivity index (χ0n) is 17.0. The van der Waals surface area contributed by atoms with E-state index in [0.717, 1.165) is 56.1 Å². The Labute approximate surface area is 163 Å². The van der Waals surface area contributed by atoms with Crippen molar-refractivity contribution in [1.29, 1.82) is 0 Å². The lowest BCUT2D eigenvalue weighted by Crippen LogP contribution is -2.03. The summed E-state index contributed by atoms with van der Waals surface area (Å²) in [7, 11) is 3.11. The van der Waals surface area contributed by atoms with Gasteiger partial charge in [-0.3, -0.25) is 4.79 Å². The number of unbranched alkanes of at least 4 members (excludes halogenated alkanes) is 6. The predicted molar refractivity (Wildman–Crippen MR) is 108 cm³/mol. The highest BCUT2D eigenvalue weighted by atomic mass is 16.5. The molecular weight excluding hydrogens is 344 g/mol. The van der Waals surface area contributed by atoms with Crippen LogP contribution in [0.25, 0.3) is 0 Å². The van der Waals surface area contributed by atoms with E-state index >= 15 is 0 Å². The number of hydrogen-bond donors (Lipinski definition) is 1. The Bertz CT molecular complexity index is 595. The molecule has 0 spiro atoms. The molecule has 27 heavy (non-hydrogen) atoms. The van der Waals surface area contributed by atoms with Crippen LogP contribution in [0.15, 0.2) is 18.7 Å². The van der Waals surface area contributed by atoms with Crippen molar-refractivity contribution in [3.05, 3.63) is 29.8 Å². The van der Waals surface area contributed by atoms with E-state index in [1.165, 1.54) is 13.5 Å². The Kier molecular flexibility index (Phi) is 11.1. The first-order valence-corrected chi connectivity index (χ1v) is 9.75. The largest absolute Gasteiger partial charge is 0.504 e. The molecule has 0 aromatic heterocycles. The quantitative estimate of drug-likeness (QED) is 0.277. The van der Waals surface area contributed by atoms with Crippen molar-refractivity contribution in [1.82, 2.24) is 0 Å². The van der Waals surface area contributed by atoms with Crippen molar-refractivity contribution >= 4 is 5.97 Å². The zero-order valence-corrected chi connectivity index (χ0v) is 17.0. The Morgan fingerprint density at radius 1 is 1.07 bits per heavy atom. The predicted octanol–water partition coefficient (Wildman–Crippen LogP) is 5.11. The first-order valence-electron chi connectivity index (χ1n) is 9.75. The highest BCUT2D eigenvalue weighted by Gasteiger charge is 2.16. The molecule has 0 heterocycles. The van der Waals surface area contributed by atoms with E-state index < -0.39 is 0 Å². The highest BCUT2D eigenvalue weighted by molar-refractivity contribution is 5.69. The molecule has 152 valence electrons. The molecule has 0 saturated carbocycles. The van der Waals surface area contributed by atoms with Gasteiger partial charge in [-0.1, -0.05) is 44.8 Å². The Balaban J connectivity index is 2.22. The summed E-state index contributed by atoms with van der Waals surface area (Å²) in [4.78, 5) is 11.3. The molecule has 0 aliphatic rings. The zero-order chi connectivity index (χ0) is 20.1. The molecule has 5 heteroatoms. The lowest BCUT2D eigenvalue weighted by Gasteiger charge is -2.15. The van der Waals surface area contributed by atoms with Crippen molar-refractivity contribution in [2.75, 3.05) is 20.8 Å². The van der Waals surface area contributed by atoms with Crippen LogP contribution in [-0.2, 0) is 16.0 Å². The molecular formula is C22H34O5. The number of methoxy groups -OCH3 is 2. The standard InChI is InChI=1S/C22H34O5/c1-5-15-27-20(23)14-12-10-8-6-7-9-11-13-18-17(2)16-19(25-3)22(26-4)21(18)24/h5,16,24H,1,6-15H2,2-4H3. The minimum Gasteiger partial charge on any atom is -0.504 e. The normalized spacial score (nSPS) is 10.5. The molecule has 0 fully saturated rings. The summed E-state index contributed by atoms with van der Waals surface area (Å²) in [6, 6.07) is 1.91. The Morgan fingerprint density at radius 2 is 1.70 bits per heavy atom. The maximum absolute atomic E-state index is 11.3. The fraction of sp³-hybridized carbons (Fsp3) is 0.591. The van der Waals surface area contributed by atoms with Gasteiger partial charge in [0.25, 0.3) is 0 Å². The number of esters is 1. The summed E-state index contributed by atoms with van der Waals surface area (Å²) >= 11 is 0. The van der Waals surface area contributed by atoms with Gasteiger partial charge in [-0.25, -0.2) is 0 Å². The second-order valence-corrected chi connectivity index (χ2v) is 6.70. The van der Waals surface area contributed by atoms with Gasteiger partial charge < -0.3 is 19.3 Å². The van der Waals surface area contributed by atoms with E-state index in [1.54, 1.807) is 13.2 Å². The van der Waals surface area contributed by atoms with Crippen molar-refractivity contribution in [2.45, 2.75) is 64.7 Å². The fourth-order valence-electron chi connectivity index (χ4n) is 3.13. The number of rotatable bonds is 14. The van der Waals surface area contributed by atoms with E-state index in [9.17, 15) is 9.90 Å². The van der Waals surface area contributed by atoms with Gasteiger partial charge in [-0.2, -0.15) is 0 Å². The minimum atomic E-state index is -0.139. The van der Waals surface area contributed by atoms with Crippen molar-refractivity contribution in [3.8, 4) is 17.2 Å². The van der Waals surface area contributed by atoms with Gasteiger partial charge in [0.05, 0.1) is 14.2 Å². The number of hydrogen-bond acceptors (Lipinski definition) is 5. The minimum absolute atomic E-state index is 0.139. The summed E-state index contributed by atoms with van der Waals surface area (Å²) in [5.74, 6) is 1.02. The Hall–Kier alpha value is -2.17. The summed E-state index contributed by atoms with van der Waals surface area (Å²) < 4.78 is 15.5. The first kappa shape index (κ1) is 22.9. The van der Waals surface area contributed by atoms with Crippen LogP contribution in [-0.4, -0.2) is 31.9 Å². The average Bonchev–Trinajstić information content (AvgIpc) is 2.66. The third-order valence-electron chi connectivity index (χ3n) is 4.64. The van der Waals surface area contributed by atoms with Crippen LogP contribution in [0.4, 0.5) is 0 Å². The smallest absolute Gasteiger partial charge is 0.306 e. The van der Waals surface area contributed by atoms with E-state index in [1.807, 2.05) is 13.0 Å². The second-order valence-electron chi connectivity index (χ2n) is 6.70. The Morgan fingerprint density at radius 3 is 2.30 bits per heavy atom. The molecule has 0 saturated heterocycles. The van der Waals surface area contributed by atoms with Crippen molar-refractivity contribution in [2.24, 2.45) is 0 Å². The van der Waals surface area contributed by atoms with Crippen LogP contribution in [0.5, 0.6) is 17.2 Å². The van der Waals surface area contributed by atoms with Crippen molar-refractivity contribution in [3.63, 3.8) is 0 Å². The van der Waals surface area contributed by atoms with Gasteiger partial charge in [-0.05, 0) is 37.8 Å². The highest BCUT2D eigenvalue weighted by Crippen LogP contribution is 2.41. The number of aryl methyl sites for hydroxylation is 1. The van der Waals surface area contributed by atoms with E-state index in [-0.39, 0.29) is 11.7 Å². The molecule has 1 rings (SSSR count). The van der Waals surface area contributed by atoms with Crippen LogP contribution in [0.3, 0.4) is 0 Å². The van der Waals surface area contributed by atoms with Crippen LogP contribution < -0.4 is 9.47 Å². The molecule has 0 aliphatic heterocycles.